The summed E-state index contributed by atoms with van der Waals surface area (Å²) in [7, 11) is 0. The van der Waals surface area contributed by atoms with Crippen LogP contribution in [0.25, 0.3) is 0 Å². The summed E-state index contributed by atoms with van der Waals surface area (Å²) in [6.07, 6.45) is 5.49. The van der Waals surface area contributed by atoms with Crippen LogP contribution in [0, 0.1) is 0 Å². The summed E-state index contributed by atoms with van der Waals surface area (Å²) in [6.45, 7) is 11.3. The largest absolute Gasteiger partial charge is 0.480 e. The minimum atomic E-state index is -1.13. The van der Waals surface area contributed by atoms with Gasteiger partial charge in [0.15, 0.2) is 6.04 Å². The Balaban J connectivity index is 2.82. The fourth-order valence-corrected chi connectivity index (χ4v) is 3.32. The third-order valence-electron chi connectivity index (χ3n) is 4.90. The molecule has 1 fully saturated rings. The standard InChI is InChI=1S/C21H39N3O5/c1-6-8-10-12-22(13-11-9-7-2)19(27)23-14-15-24(17(16-23)18(25)26)20(28)29-21(3,4)5/h17H,6-16H2,1-5H3,(H,25,26). The van der Waals surface area contributed by atoms with Gasteiger partial charge in [-0.25, -0.2) is 14.4 Å². The van der Waals surface area contributed by atoms with Gasteiger partial charge in [0.2, 0.25) is 0 Å². The van der Waals surface area contributed by atoms with Crippen LogP contribution < -0.4 is 0 Å². The van der Waals surface area contributed by atoms with Gasteiger partial charge in [-0.05, 0) is 33.6 Å². The van der Waals surface area contributed by atoms with Crippen LogP contribution in [-0.4, -0.2) is 82.3 Å². The monoisotopic (exact) mass is 413 g/mol. The lowest BCUT2D eigenvalue weighted by Gasteiger charge is -2.41. The first-order valence-electron chi connectivity index (χ1n) is 10.9. The van der Waals surface area contributed by atoms with Crippen LogP contribution >= 0.6 is 0 Å². The summed E-state index contributed by atoms with van der Waals surface area (Å²) in [4.78, 5) is 41.9. The molecule has 29 heavy (non-hydrogen) atoms. The number of carbonyl (C=O) groups is 3. The van der Waals surface area contributed by atoms with Crippen molar-refractivity contribution in [1.29, 1.82) is 0 Å². The van der Waals surface area contributed by atoms with Crippen LogP contribution in [-0.2, 0) is 9.53 Å². The fraction of sp³-hybridized carbons (Fsp3) is 0.857. The number of piperazine rings is 1. The van der Waals surface area contributed by atoms with Gasteiger partial charge in [-0.2, -0.15) is 0 Å². The topological polar surface area (TPSA) is 90.4 Å². The average molecular weight is 414 g/mol. The van der Waals surface area contributed by atoms with Crippen LogP contribution in [0.15, 0.2) is 0 Å². The molecular weight excluding hydrogens is 374 g/mol. The van der Waals surface area contributed by atoms with Gasteiger partial charge in [0.25, 0.3) is 0 Å². The number of unbranched alkanes of at least 4 members (excludes halogenated alkanes) is 4. The second-order valence-corrected chi connectivity index (χ2v) is 8.66. The highest BCUT2D eigenvalue weighted by Gasteiger charge is 2.39. The van der Waals surface area contributed by atoms with E-state index in [0.717, 1.165) is 38.5 Å². The Labute approximate surface area is 175 Å². The summed E-state index contributed by atoms with van der Waals surface area (Å²) < 4.78 is 5.34. The van der Waals surface area contributed by atoms with E-state index in [1.54, 1.807) is 25.7 Å². The first-order valence-corrected chi connectivity index (χ1v) is 10.9. The van der Waals surface area contributed by atoms with Gasteiger partial charge in [-0.3, -0.25) is 4.90 Å². The van der Waals surface area contributed by atoms with Crippen LogP contribution in [0.1, 0.15) is 73.1 Å². The zero-order valence-electron chi connectivity index (χ0n) is 18.8. The van der Waals surface area contributed by atoms with Crippen molar-refractivity contribution in [3.63, 3.8) is 0 Å². The average Bonchev–Trinajstić information content (AvgIpc) is 2.64. The predicted octanol–water partition coefficient (Wildman–Crippen LogP) is 3.79. The third-order valence-corrected chi connectivity index (χ3v) is 4.90. The Morgan fingerprint density at radius 3 is 2.00 bits per heavy atom. The maximum Gasteiger partial charge on any atom is 0.411 e. The molecule has 0 aromatic heterocycles. The molecule has 168 valence electrons. The van der Waals surface area contributed by atoms with Gasteiger partial charge < -0.3 is 19.6 Å². The molecule has 3 amide bonds. The van der Waals surface area contributed by atoms with Crippen molar-refractivity contribution in [1.82, 2.24) is 14.7 Å². The van der Waals surface area contributed by atoms with Crippen LogP contribution in [0.2, 0.25) is 0 Å². The quantitative estimate of drug-likeness (QED) is 0.581. The molecule has 1 aliphatic heterocycles. The Morgan fingerprint density at radius 2 is 1.55 bits per heavy atom. The Bertz CT molecular complexity index is 537. The molecule has 0 saturated carbocycles. The van der Waals surface area contributed by atoms with E-state index in [4.69, 9.17) is 4.74 Å². The first kappa shape index (κ1) is 25.0. The smallest absolute Gasteiger partial charge is 0.411 e. The molecule has 0 spiro atoms. The number of carboxylic acids is 1. The van der Waals surface area contributed by atoms with Crippen molar-refractivity contribution in [3.8, 4) is 0 Å². The molecule has 1 saturated heterocycles. The van der Waals surface area contributed by atoms with E-state index >= 15 is 0 Å². The molecular formula is C21H39N3O5. The predicted molar refractivity (Wildman–Crippen MR) is 112 cm³/mol. The molecule has 1 N–H and O–H groups in total. The Hall–Kier alpha value is -1.99. The van der Waals surface area contributed by atoms with Crippen molar-refractivity contribution in [2.75, 3.05) is 32.7 Å². The zero-order chi connectivity index (χ0) is 22.0. The minimum absolute atomic E-state index is 0.0224. The number of ether oxygens (including phenoxy) is 1. The summed E-state index contributed by atoms with van der Waals surface area (Å²) in [5.41, 5.74) is -0.706. The first-order chi connectivity index (χ1) is 13.6. The number of amides is 3. The van der Waals surface area contributed by atoms with Crippen LogP contribution in [0.5, 0.6) is 0 Å². The molecule has 0 bridgehead atoms. The minimum Gasteiger partial charge on any atom is -0.480 e. The van der Waals surface area contributed by atoms with Gasteiger partial charge in [-0.15, -0.1) is 0 Å². The summed E-state index contributed by atoms with van der Waals surface area (Å²) in [6, 6.07) is -1.23. The molecule has 0 aromatic carbocycles. The molecule has 1 aliphatic rings. The van der Waals surface area contributed by atoms with E-state index in [0.29, 0.717) is 19.6 Å². The molecule has 1 rings (SSSR count). The number of aliphatic carboxylic acids is 1. The van der Waals surface area contributed by atoms with E-state index in [1.807, 2.05) is 4.90 Å². The van der Waals surface area contributed by atoms with E-state index in [-0.39, 0.29) is 19.1 Å². The Kier molecular flexibility index (Phi) is 10.3. The zero-order valence-corrected chi connectivity index (χ0v) is 18.8. The van der Waals surface area contributed by atoms with Gasteiger partial charge in [0.05, 0.1) is 6.54 Å². The number of carbonyl (C=O) groups excluding carboxylic acids is 2. The van der Waals surface area contributed by atoms with E-state index in [9.17, 15) is 19.5 Å². The lowest BCUT2D eigenvalue weighted by atomic mass is 10.1. The number of urea groups is 1. The van der Waals surface area contributed by atoms with Crippen molar-refractivity contribution in [2.45, 2.75) is 84.8 Å². The Morgan fingerprint density at radius 1 is 1.00 bits per heavy atom. The lowest BCUT2D eigenvalue weighted by Crippen LogP contribution is -2.61. The van der Waals surface area contributed by atoms with Crippen molar-refractivity contribution < 1.29 is 24.2 Å². The lowest BCUT2D eigenvalue weighted by molar-refractivity contribution is -0.145. The number of hydrogen-bond donors (Lipinski definition) is 1. The van der Waals surface area contributed by atoms with Crippen LogP contribution in [0.4, 0.5) is 9.59 Å². The fourth-order valence-electron chi connectivity index (χ4n) is 3.32. The highest BCUT2D eigenvalue weighted by atomic mass is 16.6. The van der Waals surface area contributed by atoms with Gasteiger partial charge in [-0.1, -0.05) is 39.5 Å². The summed E-state index contributed by atoms with van der Waals surface area (Å²) in [5.74, 6) is -1.13. The molecule has 0 aliphatic carbocycles. The van der Waals surface area contributed by atoms with Gasteiger partial charge >= 0.3 is 18.1 Å². The molecule has 0 aromatic rings. The second kappa shape index (κ2) is 11.9. The van der Waals surface area contributed by atoms with Crippen molar-refractivity contribution in [3.05, 3.63) is 0 Å². The number of rotatable bonds is 9. The SMILES string of the molecule is CCCCCN(CCCCC)C(=O)N1CCN(C(=O)OC(C)(C)C)C(C(=O)O)C1. The molecule has 0 radical (unpaired) electrons. The van der Waals surface area contributed by atoms with E-state index in [2.05, 4.69) is 13.8 Å². The van der Waals surface area contributed by atoms with Crippen molar-refractivity contribution in [2.24, 2.45) is 0 Å². The summed E-state index contributed by atoms with van der Waals surface area (Å²) >= 11 is 0. The number of nitrogens with zero attached hydrogens (tertiary/aromatic N) is 3. The number of hydrogen-bond acceptors (Lipinski definition) is 4. The van der Waals surface area contributed by atoms with Gasteiger partial charge in [0.1, 0.15) is 5.60 Å². The third kappa shape index (κ3) is 8.50. The van der Waals surface area contributed by atoms with Gasteiger partial charge in [0, 0.05) is 26.2 Å². The normalized spacial score (nSPS) is 17.2. The molecule has 1 atom stereocenters. The maximum absolute atomic E-state index is 13.1. The number of carboxylic acid groups (broad SMARTS) is 1. The maximum atomic E-state index is 13.1. The highest BCUT2D eigenvalue weighted by molar-refractivity contribution is 5.82. The molecule has 8 heteroatoms. The van der Waals surface area contributed by atoms with Crippen LogP contribution in [0.3, 0.4) is 0 Å². The van der Waals surface area contributed by atoms with E-state index < -0.39 is 23.7 Å². The molecule has 1 unspecified atom stereocenters. The molecule has 1 heterocycles. The summed E-state index contributed by atoms with van der Waals surface area (Å²) in [5, 5.41) is 9.64. The highest BCUT2D eigenvalue weighted by Crippen LogP contribution is 2.18. The second-order valence-electron chi connectivity index (χ2n) is 8.66. The van der Waals surface area contributed by atoms with Crippen molar-refractivity contribution >= 4 is 18.1 Å². The van der Waals surface area contributed by atoms with E-state index in [1.165, 1.54) is 4.90 Å². The molecule has 8 nitrogen and oxygen atoms in total.